The lowest BCUT2D eigenvalue weighted by Gasteiger charge is -2.08. The smallest absolute Gasteiger partial charge is 0.0659 e. The van der Waals surface area contributed by atoms with Crippen molar-refractivity contribution >= 4 is 23.8 Å². The third kappa shape index (κ3) is 8.92. The summed E-state index contributed by atoms with van der Waals surface area (Å²) in [5, 5.41) is 0. The molecule has 2 nitrogen and oxygen atoms in total. The number of nitrogens with zero attached hydrogens (tertiary/aromatic N) is 2. The number of hydrogen-bond acceptors (Lipinski definition) is 2. The molecule has 0 aliphatic carbocycles. The number of rotatable bonds is 6. The molecule has 0 heterocycles. The fourth-order valence-corrected chi connectivity index (χ4v) is 5.11. The summed E-state index contributed by atoms with van der Waals surface area (Å²) >= 11 is 0. The summed E-state index contributed by atoms with van der Waals surface area (Å²) in [4.78, 5) is 9.52. The maximum Gasteiger partial charge on any atom is 0.0659 e. The molecular weight excluding hydrogens is 569 g/mol. The van der Waals surface area contributed by atoms with E-state index in [1.807, 2.05) is 97.4 Å². The minimum Gasteiger partial charge on any atom is -0.256 e. The van der Waals surface area contributed by atoms with E-state index in [2.05, 4.69) is 98.2 Å². The van der Waals surface area contributed by atoms with Gasteiger partial charge in [-0.05, 0) is 114 Å². The van der Waals surface area contributed by atoms with Crippen molar-refractivity contribution in [2.45, 2.75) is 20.3 Å². The van der Waals surface area contributed by atoms with Gasteiger partial charge in [0, 0.05) is 34.7 Å². The monoisotopic (exact) mass is 602 g/mol. The van der Waals surface area contributed by atoms with Crippen LogP contribution in [-0.2, 0) is 6.42 Å². The van der Waals surface area contributed by atoms with Gasteiger partial charge >= 0.3 is 0 Å². The molecule has 224 valence electrons. The Labute approximate surface area is 278 Å². The third-order valence-corrected chi connectivity index (χ3v) is 7.71. The molecular formula is C45H34N2. The summed E-state index contributed by atoms with van der Waals surface area (Å²) in [6.45, 7) is 4.23. The Morgan fingerprint density at radius 3 is 1.15 bits per heavy atom. The van der Waals surface area contributed by atoms with E-state index in [0.29, 0.717) is 0 Å². The molecule has 6 rings (SSSR count). The van der Waals surface area contributed by atoms with Crippen molar-refractivity contribution in [2.75, 3.05) is 0 Å². The van der Waals surface area contributed by atoms with Gasteiger partial charge in [-0.3, -0.25) is 9.98 Å². The number of aryl methyl sites for hydroxylation is 2. The van der Waals surface area contributed by atoms with Crippen LogP contribution in [0.15, 0.2) is 156 Å². The predicted molar refractivity (Wildman–Crippen MR) is 197 cm³/mol. The summed E-state index contributed by atoms with van der Waals surface area (Å²) in [6, 6.07) is 49.4. The maximum atomic E-state index is 4.76. The Balaban J connectivity index is 1.05. The van der Waals surface area contributed by atoms with Gasteiger partial charge in [0.2, 0.25) is 0 Å². The first-order valence-electron chi connectivity index (χ1n) is 15.7. The fourth-order valence-electron chi connectivity index (χ4n) is 5.11. The van der Waals surface area contributed by atoms with E-state index in [1.165, 1.54) is 11.1 Å². The van der Waals surface area contributed by atoms with Crippen LogP contribution in [0.3, 0.4) is 0 Å². The van der Waals surface area contributed by atoms with Gasteiger partial charge in [-0.25, -0.2) is 0 Å². The molecule has 2 heteroatoms. The lowest BCUT2D eigenvalue weighted by atomic mass is 10.0. The largest absolute Gasteiger partial charge is 0.256 e. The highest BCUT2D eigenvalue weighted by atomic mass is 14.7. The van der Waals surface area contributed by atoms with Crippen LogP contribution in [0.1, 0.15) is 55.6 Å². The molecule has 0 aliphatic heterocycles. The first kappa shape index (κ1) is 30.8. The Morgan fingerprint density at radius 1 is 0.426 bits per heavy atom. The molecule has 6 aromatic carbocycles. The minimum atomic E-state index is 0.854. The Morgan fingerprint density at radius 2 is 0.787 bits per heavy atom. The Bertz CT molecular complexity index is 1990. The molecule has 0 saturated heterocycles. The zero-order valence-corrected chi connectivity index (χ0v) is 26.6. The highest BCUT2D eigenvalue weighted by Crippen LogP contribution is 2.24. The van der Waals surface area contributed by atoms with Crippen molar-refractivity contribution < 1.29 is 0 Å². The summed E-state index contributed by atoms with van der Waals surface area (Å²) in [7, 11) is 0. The van der Waals surface area contributed by atoms with Crippen LogP contribution in [0.25, 0.3) is 0 Å². The van der Waals surface area contributed by atoms with Gasteiger partial charge in [0.15, 0.2) is 0 Å². The molecule has 0 unspecified atom stereocenters. The second kappa shape index (κ2) is 15.2. The van der Waals surface area contributed by atoms with Gasteiger partial charge in [-0.1, -0.05) is 109 Å². The molecule has 0 atom stereocenters. The zero-order valence-electron chi connectivity index (χ0n) is 26.6. The molecule has 0 fully saturated rings. The van der Waals surface area contributed by atoms with E-state index in [1.54, 1.807) is 0 Å². The van der Waals surface area contributed by atoms with Crippen molar-refractivity contribution in [1.29, 1.82) is 0 Å². The average Bonchev–Trinajstić information content (AvgIpc) is 3.11. The van der Waals surface area contributed by atoms with Gasteiger partial charge < -0.3 is 0 Å². The normalized spacial score (nSPS) is 10.8. The molecule has 0 amide bonds. The second-order valence-corrected chi connectivity index (χ2v) is 11.4. The first-order chi connectivity index (χ1) is 23.1. The van der Waals surface area contributed by atoms with Crippen LogP contribution >= 0.6 is 0 Å². The molecule has 0 N–H and O–H groups in total. The van der Waals surface area contributed by atoms with Crippen molar-refractivity contribution in [3.8, 4) is 23.7 Å². The molecule has 6 aromatic rings. The Hall–Kier alpha value is -6.22. The fraction of sp³-hybridized carbons (Fsp3) is 0.0667. The Kier molecular flexibility index (Phi) is 9.94. The first-order valence-corrected chi connectivity index (χ1v) is 15.7. The second-order valence-electron chi connectivity index (χ2n) is 11.4. The summed E-state index contributed by atoms with van der Waals surface area (Å²) < 4.78 is 0. The quantitative estimate of drug-likeness (QED) is 0.134. The van der Waals surface area contributed by atoms with Gasteiger partial charge in [-0.2, -0.15) is 0 Å². The van der Waals surface area contributed by atoms with E-state index in [9.17, 15) is 0 Å². The van der Waals surface area contributed by atoms with Gasteiger partial charge in [0.05, 0.1) is 11.4 Å². The average molecular weight is 603 g/mol. The highest BCUT2D eigenvalue weighted by molar-refractivity contribution is 5.83. The maximum absolute atomic E-state index is 4.76. The topological polar surface area (TPSA) is 24.7 Å². The van der Waals surface area contributed by atoms with Gasteiger partial charge in [-0.15, -0.1) is 0 Å². The number of hydrogen-bond donors (Lipinski definition) is 0. The molecule has 0 aliphatic rings. The van der Waals surface area contributed by atoms with Crippen LogP contribution in [0.5, 0.6) is 0 Å². The predicted octanol–water partition coefficient (Wildman–Crippen LogP) is 10.2. The summed E-state index contributed by atoms with van der Waals surface area (Å²) in [5.74, 6) is 12.8. The van der Waals surface area contributed by atoms with E-state index in [-0.39, 0.29) is 0 Å². The zero-order chi connectivity index (χ0) is 32.3. The SMILES string of the molecule is Cc1cc(Cc2ccc(N=Cc3ccc(C#Cc4ccccc4)cc3)c(C)c2)ccc1N=Cc1ccc(C#Cc2ccccc2)cc1. The third-order valence-electron chi connectivity index (χ3n) is 7.71. The number of aliphatic imine (C=N–C) groups is 2. The van der Waals surface area contributed by atoms with Crippen molar-refractivity contribution in [2.24, 2.45) is 9.98 Å². The van der Waals surface area contributed by atoms with E-state index in [0.717, 1.165) is 62.3 Å². The summed E-state index contributed by atoms with van der Waals surface area (Å²) in [5.41, 5.74) is 12.8. The minimum absolute atomic E-state index is 0.854. The van der Waals surface area contributed by atoms with E-state index < -0.39 is 0 Å². The van der Waals surface area contributed by atoms with Crippen molar-refractivity contribution in [3.63, 3.8) is 0 Å². The lowest BCUT2D eigenvalue weighted by Crippen LogP contribution is -1.91. The van der Waals surface area contributed by atoms with E-state index in [4.69, 9.17) is 9.98 Å². The molecule has 0 radical (unpaired) electrons. The molecule has 0 bridgehead atoms. The summed E-state index contributed by atoms with van der Waals surface area (Å²) in [6.07, 6.45) is 4.67. The van der Waals surface area contributed by atoms with Crippen molar-refractivity contribution in [3.05, 3.63) is 201 Å². The van der Waals surface area contributed by atoms with Gasteiger partial charge in [0.25, 0.3) is 0 Å². The highest BCUT2D eigenvalue weighted by Gasteiger charge is 2.04. The van der Waals surface area contributed by atoms with Crippen LogP contribution in [0.2, 0.25) is 0 Å². The van der Waals surface area contributed by atoms with Gasteiger partial charge in [0.1, 0.15) is 0 Å². The number of benzene rings is 6. The molecule has 0 aromatic heterocycles. The lowest BCUT2D eigenvalue weighted by molar-refractivity contribution is 1.17. The van der Waals surface area contributed by atoms with Crippen molar-refractivity contribution in [1.82, 2.24) is 0 Å². The molecule has 0 spiro atoms. The van der Waals surface area contributed by atoms with Crippen LogP contribution in [0.4, 0.5) is 11.4 Å². The molecule has 47 heavy (non-hydrogen) atoms. The van der Waals surface area contributed by atoms with Crippen LogP contribution < -0.4 is 0 Å². The van der Waals surface area contributed by atoms with E-state index >= 15 is 0 Å². The van der Waals surface area contributed by atoms with Crippen LogP contribution in [-0.4, -0.2) is 12.4 Å². The standard InChI is InChI=1S/C45H34N2/c1-34-29-42(25-27-44(34)46-32-40-21-17-38(18-22-40)15-13-36-9-5-3-6-10-36)31-43-26-28-45(35(2)30-43)47-33-41-23-19-39(20-24-41)16-14-37-11-7-4-8-12-37/h3-12,17-30,32-33H,31H2,1-2H3. The molecule has 0 saturated carbocycles. The van der Waals surface area contributed by atoms with Crippen LogP contribution in [0, 0.1) is 37.5 Å².